The summed E-state index contributed by atoms with van der Waals surface area (Å²) < 4.78 is 13.6. The maximum atomic E-state index is 12.8. The molecule has 0 radical (unpaired) electrons. The third-order valence-electron chi connectivity index (χ3n) is 1.32. The summed E-state index contributed by atoms with van der Waals surface area (Å²) >= 11 is 3.19. The number of halogens is 2. The lowest BCUT2D eigenvalue weighted by molar-refractivity contribution is 0.587. The summed E-state index contributed by atoms with van der Waals surface area (Å²) in [6.07, 6.45) is -0.757. The van der Waals surface area contributed by atoms with Crippen molar-refractivity contribution in [3.8, 4) is 0 Å². The molecule has 0 saturated heterocycles. The Labute approximate surface area is 72.5 Å². The number of rotatable bonds is 1. The highest BCUT2D eigenvalue weighted by Crippen LogP contribution is 2.17. The molecule has 0 saturated carbocycles. The van der Waals surface area contributed by atoms with Crippen LogP contribution in [0.25, 0.3) is 0 Å². The summed E-state index contributed by atoms with van der Waals surface area (Å²) in [4.78, 5) is 0. The summed E-state index contributed by atoms with van der Waals surface area (Å²) in [5.74, 6) is -0.372. The van der Waals surface area contributed by atoms with Gasteiger partial charge in [0.15, 0.2) is 0 Å². The first-order valence-corrected chi connectivity index (χ1v) is 3.86. The van der Waals surface area contributed by atoms with Gasteiger partial charge in [0.25, 0.3) is 0 Å². The van der Waals surface area contributed by atoms with Gasteiger partial charge in [-0.1, -0.05) is 15.9 Å². The van der Waals surface area contributed by atoms with Crippen molar-refractivity contribution < 1.29 is 4.39 Å². The van der Waals surface area contributed by atoms with Crippen LogP contribution in [0, 0.1) is 5.82 Å². The molecule has 0 aliphatic carbocycles. The largest absolute Gasteiger partial charge is 0.312 e. The number of hydrogen-bond donors (Lipinski definition) is 2. The van der Waals surface area contributed by atoms with Crippen molar-refractivity contribution in [3.63, 3.8) is 0 Å². The fourth-order valence-corrected chi connectivity index (χ4v) is 1.15. The van der Waals surface area contributed by atoms with Crippen LogP contribution in [0.4, 0.5) is 4.39 Å². The first-order valence-electron chi connectivity index (χ1n) is 3.07. The molecule has 4 heteroatoms. The molecule has 0 aliphatic heterocycles. The Morgan fingerprint density at radius 2 is 2.00 bits per heavy atom. The van der Waals surface area contributed by atoms with E-state index < -0.39 is 6.17 Å². The quantitative estimate of drug-likeness (QED) is 0.703. The van der Waals surface area contributed by atoms with Crippen molar-refractivity contribution in [1.29, 1.82) is 0 Å². The molecule has 1 aromatic carbocycles. The first kappa shape index (κ1) is 8.64. The molecule has 0 heterocycles. The van der Waals surface area contributed by atoms with Crippen LogP contribution in [0.2, 0.25) is 0 Å². The molecule has 0 fully saturated rings. The van der Waals surface area contributed by atoms with Gasteiger partial charge in [-0.15, -0.1) is 0 Å². The molecule has 11 heavy (non-hydrogen) atoms. The number of nitrogens with two attached hydrogens (primary N) is 2. The van der Waals surface area contributed by atoms with E-state index in [0.29, 0.717) is 5.56 Å². The van der Waals surface area contributed by atoms with E-state index >= 15 is 0 Å². The van der Waals surface area contributed by atoms with Gasteiger partial charge in [-0.25, -0.2) is 4.39 Å². The van der Waals surface area contributed by atoms with Crippen LogP contribution in [-0.2, 0) is 0 Å². The Hall–Kier alpha value is -0.450. The van der Waals surface area contributed by atoms with Gasteiger partial charge in [0.05, 0.1) is 6.17 Å². The normalized spacial score (nSPS) is 10.6. The second-order valence-corrected chi connectivity index (χ2v) is 3.11. The third kappa shape index (κ3) is 1.99. The van der Waals surface area contributed by atoms with Gasteiger partial charge < -0.3 is 11.5 Å². The highest BCUT2D eigenvalue weighted by molar-refractivity contribution is 9.10. The van der Waals surface area contributed by atoms with Gasteiger partial charge in [0, 0.05) is 10.0 Å². The molecule has 1 rings (SSSR count). The first-order chi connectivity index (χ1) is 5.11. The molecule has 60 valence electrons. The molecule has 0 unspecified atom stereocenters. The summed E-state index contributed by atoms with van der Waals surface area (Å²) in [6, 6.07) is 4.49. The minimum Gasteiger partial charge on any atom is -0.312 e. The topological polar surface area (TPSA) is 52.0 Å². The predicted molar refractivity (Wildman–Crippen MR) is 45.2 cm³/mol. The minimum absolute atomic E-state index is 0.319. The van der Waals surface area contributed by atoms with Gasteiger partial charge in [-0.05, 0) is 18.2 Å². The zero-order valence-corrected chi connectivity index (χ0v) is 7.31. The van der Waals surface area contributed by atoms with E-state index in [9.17, 15) is 4.39 Å². The molecule has 0 amide bonds. The van der Waals surface area contributed by atoms with Gasteiger partial charge in [-0.3, -0.25) is 0 Å². The Balaban J connectivity index is 3.13. The maximum absolute atomic E-state index is 12.8. The fraction of sp³-hybridized carbons (Fsp3) is 0.143. The van der Waals surface area contributed by atoms with Crippen LogP contribution in [0.1, 0.15) is 11.7 Å². The molecule has 0 aliphatic rings. The van der Waals surface area contributed by atoms with Gasteiger partial charge in [0.1, 0.15) is 5.82 Å². The molecular weight excluding hydrogens is 211 g/mol. The van der Waals surface area contributed by atoms with Gasteiger partial charge in [-0.2, -0.15) is 0 Å². The van der Waals surface area contributed by atoms with Crippen molar-refractivity contribution >= 4 is 15.9 Å². The molecule has 2 nitrogen and oxygen atoms in total. The van der Waals surface area contributed by atoms with Gasteiger partial charge >= 0.3 is 0 Å². The SMILES string of the molecule is NC(N)c1cc(Br)ccc1F. The molecule has 0 spiro atoms. The molecule has 1 aromatic rings. The second-order valence-electron chi connectivity index (χ2n) is 2.19. The van der Waals surface area contributed by atoms with Crippen LogP contribution >= 0.6 is 15.9 Å². The third-order valence-corrected chi connectivity index (χ3v) is 1.81. The Bertz CT molecular complexity index is 263. The Kier molecular flexibility index (Phi) is 2.59. The summed E-state index contributed by atoms with van der Waals surface area (Å²) in [5, 5.41) is 0. The number of hydrogen-bond acceptors (Lipinski definition) is 2. The molecule has 4 N–H and O–H groups in total. The van der Waals surface area contributed by atoms with Crippen LogP contribution in [0.15, 0.2) is 22.7 Å². The standard InChI is InChI=1S/C7H8BrFN2/c8-4-1-2-6(9)5(3-4)7(10)11/h1-3,7H,10-11H2. The highest BCUT2D eigenvalue weighted by atomic mass is 79.9. The molecule has 0 atom stereocenters. The smallest absolute Gasteiger partial charge is 0.129 e. The highest BCUT2D eigenvalue weighted by Gasteiger charge is 2.06. The fourth-order valence-electron chi connectivity index (χ4n) is 0.770. The number of benzene rings is 1. The van der Waals surface area contributed by atoms with Crippen molar-refractivity contribution in [3.05, 3.63) is 34.1 Å². The zero-order chi connectivity index (χ0) is 8.43. The van der Waals surface area contributed by atoms with Crippen molar-refractivity contribution in [1.82, 2.24) is 0 Å². The van der Waals surface area contributed by atoms with Gasteiger partial charge in [0.2, 0.25) is 0 Å². The lowest BCUT2D eigenvalue weighted by atomic mass is 10.2. The Morgan fingerprint density at radius 1 is 1.36 bits per heavy atom. The van der Waals surface area contributed by atoms with Crippen LogP contribution in [0.5, 0.6) is 0 Å². The van der Waals surface area contributed by atoms with E-state index in [4.69, 9.17) is 11.5 Å². The second kappa shape index (κ2) is 3.30. The van der Waals surface area contributed by atoms with E-state index in [2.05, 4.69) is 15.9 Å². The summed E-state index contributed by atoms with van der Waals surface area (Å²) in [7, 11) is 0. The van der Waals surface area contributed by atoms with Crippen molar-refractivity contribution in [2.24, 2.45) is 11.5 Å². The van der Waals surface area contributed by atoms with Crippen LogP contribution in [-0.4, -0.2) is 0 Å². The van der Waals surface area contributed by atoms with Crippen LogP contribution in [0.3, 0.4) is 0 Å². The lowest BCUT2D eigenvalue weighted by Crippen LogP contribution is -2.21. The summed E-state index contributed by atoms with van der Waals surface area (Å²) in [6.45, 7) is 0. The molecular formula is C7H8BrFN2. The van der Waals surface area contributed by atoms with Crippen molar-refractivity contribution in [2.75, 3.05) is 0 Å². The Morgan fingerprint density at radius 3 is 2.45 bits per heavy atom. The maximum Gasteiger partial charge on any atom is 0.129 e. The van der Waals surface area contributed by atoms with E-state index in [1.807, 2.05) is 0 Å². The predicted octanol–water partition coefficient (Wildman–Crippen LogP) is 1.50. The zero-order valence-electron chi connectivity index (χ0n) is 5.72. The van der Waals surface area contributed by atoms with E-state index in [1.54, 1.807) is 12.1 Å². The van der Waals surface area contributed by atoms with E-state index in [-0.39, 0.29) is 5.82 Å². The van der Waals surface area contributed by atoms with Crippen LogP contribution < -0.4 is 11.5 Å². The van der Waals surface area contributed by atoms with E-state index in [0.717, 1.165) is 4.47 Å². The molecule has 0 aromatic heterocycles. The lowest BCUT2D eigenvalue weighted by Gasteiger charge is -2.06. The van der Waals surface area contributed by atoms with Crippen molar-refractivity contribution in [2.45, 2.75) is 6.17 Å². The minimum atomic E-state index is -0.757. The van der Waals surface area contributed by atoms with E-state index in [1.165, 1.54) is 6.07 Å². The summed E-state index contributed by atoms with van der Waals surface area (Å²) in [5.41, 5.74) is 10.9. The molecule has 0 bridgehead atoms. The monoisotopic (exact) mass is 218 g/mol. The average molecular weight is 219 g/mol. The average Bonchev–Trinajstić information content (AvgIpc) is 1.94.